The summed E-state index contributed by atoms with van der Waals surface area (Å²) in [6.07, 6.45) is 8.76. The second kappa shape index (κ2) is 3.81. The van der Waals surface area contributed by atoms with Crippen LogP contribution in [0, 0.1) is 5.92 Å². The summed E-state index contributed by atoms with van der Waals surface area (Å²) in [7, 11) is 0. The van der Waals surface area contributed by atoms with Gasteiger partial charge >= 0.3 is 0 Å². The zero-order valence-electron chi connectivity index (χ0n) is 8.11. The largest absolute Gasteiger partial charge is 0.375 e. The first-order valence-electron chi connectivity index (χ1n) is 5.33. The van der Waals surface area contributed by atoms with E-state index in [4.69, 9.17) is 10.5 Å². The SMILES string of the molecule is C=CCCC(N)C1CC2CCC1O2. The van der Waals surface area contributed by atoms with Crippen molar-refractivity contribution in [1.82, 2.24) is 0 Å². The number of hydrogen-bond acceptors (Lipinski definition) is 2. The highest BCUT2D eigenvalue weighted by Crippen LogP contribution is 2.40. The van der Waals surface area contributed by atoms with E-state index < -0.39 is 0 Å². The maximum absolute atomic E-state index is 6.12. The number of rotatable bonds is 4. The summed E-state index contributed by atoms with van der Waals surface area (Å²) in [5.41, 5.74) is 6.12. The van der Waals surface area contributed by atoms with Crippen LogP contribution in [0.25, 0.3) is 0 Å². The van der Waals surface area contributed by atoms with Crippen molar-refractivity contribution >= 4 is 0 Å². The average Bonchev–Trinajstić information content (AvgIpc) is 2.74. The van der Waals surface area contributed by atoms with Crippen LogP contribution in [0.3, 0.4) is 0 Å². The highest BCUT2D eigenvalue weighted by Gasteiger charge is 2.42. The minimum absolute atomic E-state index is 0.327. The summed E-state index contributed by atoms with van der Waals surface area (Å²) in [5.74, 6) is 0.624. The molecule has 2 heteroatoms. The fraction of sp³-hybridized carbons (Fsp3) is 0.818. The smallest absolute Gasteiger partial charge is 0.0623 e. The van der Waals surface area contributed by atoms with Crippen LogP contribution in [0.5, 0.6) is 0 Å². The van der Waals surface area contributed by atoms with Gasteiger partial charge in [-0.2, -0.15) is 0 Å². The molecule has 2 saturated heterocycles. The molecule has 13 heavy (non-hydrogen) atoms. The molecule has 4 unspecified atom stereocenters. The lowest BCUT2D eigenvalue weighted by Gasteiger charge is -2.24. The lowest BCUT2D eigenvalue weighted by Crippen LogP contribution is -2.36. The average molecular weight is 181 g/mol. The van der Waals surface area contributed by atoms with Gasteiger partial charge in [0.25, 0.3) is 0 Å². The van der Waals surface area contributed by atoms with E-state index in [0.717, 1.165) is 12.8 Å². The molecule has 0 aliphatic carbocycles. The zero-order chi connectivity index (χ0) is 9.26. The van der Waals surface area contributed by atoms with E-state index in [1.165, 1.54) is 19.3 Å². The van der Waals surface area contributed by atoms with Crippen molar-refractivity contribution in [1.29, 1.82) is 0 Å². The van der Waals surface area contributed by atoms with Crippen LogP contribution in [-0.4, -0.2) is 18.2 Å². The summed E-state index contributed by atoms with van der Waals surface area (Å²) >= 11 is 0. The molecule has 2 nitrogen and oxygen atoms in total. The Labute approximate surface area is 80.1 Å². The Morgan fingerprint density at radius 1 is 1.54 bits per heavy atom. The van der Waals surface area contributed by atoms with Crippen molar-refractivity contribution in [3.63, 3.8) is 0 Å². The van der Waals surface area contributed by atoms with Gasteiger partial charge in [-0.25, -0.2) is 0 Å². The number of ether oxygens (including phenoxy) is 1. The molecule has 0 aromatic rings. The summed E-state index contributed by atoms with van der Waals surface area (Å²) in [6, 6.07) is 0.327. The first kappa shape index (κ1) is 9.22. The summed E-state index contributed by atoms with van der Waals surface area (Å²) in [6.45, 7) is 3.72. The molecular weight excluding hydrogens is 162 g/mol. The molecule has 0 amide bonds. The Balaban J connectivity index is 1.83. The zero-order valence-corrected chi connectivity index (χ0v) is 8.11. The predicted octanol–water partition coefficient (Wildman–Crippen LogP) is 1.85. The third-order valence-corrected chi connectivity index (χ3v) is 3.41. The number of hydrogen-bond donors (Lipinski definition) is 1. The van der Waals surface area contributed by atoms with Crippen molar-refractivity contribution in [3.05, 3.63) is 12.7 Å². The molecule has 74 valence electrons. The van der Waals surface area contributed by atoms with Crippen LogP contribution in [0.4, 0.5) is 0 Å². The Bertz CT molecular complexity index is 193. The third kappa shape index (κ3) is 1.79. The quantitative estimate of drug-likeness (QED) is 0.672. The van der Waals surface area contributed by atoms with Gasteiger partial charge in [-0.1, -0.05) is 6.08 Å². The van der Waals surface area contributed by atoms with Gasteiger partial charge in [0.1, 0.15) is 0 Å². The van der Waals surface area contributed by atoms with Gasteiger partial charge < -0.3 is 10.5 Å². The van der Waals surface area contributed by atoms with E-state index in [9.17, 15) is 0 Å². The molecule has 2 fully saturated rings. The molecule has 0 radical (unpaired) electrons. The molecule has 4 atom stereocenters. The van der Waals surface area contributed by atoms with Gasteiger partial charge in [0.05, 0.1) is 12.2 Å². The Morgan fingerprint density at radius 2 is 2.38 bits per heavy atom. The van der Waals surface area contributed by atoms with E-state index in [0.29, 0.717) is 24.2 Å². The first-order valence-corrected chi connectivity index (χ1v) is 5.33. The van der Waals surface area contributed by atoms with Crippen LogP contribution in [0.15, 0.2) is 12.7 Å². The molecule has 0 aromatic carbocycles. The molecule has 0 aromatic heterocycles. The minimum atomic E-state index is 0.327. The highest BCUT2D eigenvalue weighted by atomic mass is 16.5. The first-order chi connectivity index (χ1) is 6.31. The van der Waals surface area contributed by atoms with Crippen molar-refractivity contribution < 1.29 is 4.74 Å². The normalized spacial score (nSPS) is 39.3. The molecule has 0 saturated carbocycles. The fourth-order valence-electron chi connectivity index (χ4n) is 2.65. The standard InChI is InChI=1S/C11H19NO/c1-2-3-4-10(12)9-7-8-5-6-11(9)13-8/h2,8-11H,1,3-7,12H2. The predicted molar refractivity (Wildman–Crippen MR) is 53.4 cm³/mol. The fourth-order valence-corrected chi connectivity index (χ4v) is 2.65. The van der Waals surface area contributed by atoms with Gasteiger partial charge in [0.15, 0.2) is 0 Å². The number of allylic oxidation sites excluding steroid dienone is 1. The van der Waals surface area contributed by atoms with Crippen molar-refractivity contribution in [2.45, 2.75) is 50.4 Å². The Hall–Kier alpha value is -0.340. The molecule has 2 rings (SSSR count). The molecule has 2 heterocycles. The molecular formula is C11H19NO. The van der Waals surface area contributed by atoms with E-state index in [2.05, 4.69) is 6.58 Å². The Morgan fingerprint density at radius 3 is 2.92 bits per heavy atom. The number of fused-ring (bicyclic) bond motifs is 2. The van der Waals surface area contributed by atoms with Gasteiger partial charge in [0, 0.05) is 12.0 Å². The molecule has 2 aliphatic rings. The van der Waals surface area contributed by atoms with Gasteiger partial charge in [-0.3, -0.25) is 0 Å². The lowest BCUT2D eigenvalue weighted by atomic mass is 9.82. The number of nitrogens with two attached hydrogens (primary N) is 1. The van der Waals surface area contributed by atoms with E-state index in [1.54, 1.807) is 0 Å². The maximum Gasteiger partial charge on any atom is 0.0623 e. The maximum atomic E-state index is 6.12. The van der Waals surface area contributed by atoms with Crippen LogP contribution in [-0.2, 0) is 4.74 Å². The van der Waals surface area contributed by atoms with Crippen molar-refractivity contribution in [2.75, 3.05) is 0 Å². The minimum Gasteiger partial charge on any atom is -0.375 e. The second-order valence-corrected chi connectivity index (χ2v) is 4.30. The monoisotopic (exact) mass is 181 g/mol. The summed E-state index contributed by atoms with van der Waals surface area (Å²) in [4.78, 5) is 0. The van der Waals surface area contributed by atoms with Crippen LogP contribution in [0.2, 0.25) is 0 Å². The Kier molecular flexibility index (Phi) is 2.70. The van der Waals surface area contributed by atoms with Crippen LogP contribution >= 0.6 is 0 Å². The second-order valence-electron chi connectivity index (χ2n) is 4.30. The lowest BCUT2D eigenvalue weighted by molar-refractivity contribution is 0.0880. The molecule has 2 N–H and O–H groups in total. The van der Waals surface area contributed by atoms with Crippen molar-refractivity contribution in [3.8, 4) is 0 Å². The molecule has 0 spiro atoms. The summed E-state index contributed by atoms with van der Waals surface area (Å²) in [5, 5.41) is 0. The van der Waals surface area contributed by atoms with Gasteiger partial charge in [-0.15, -0.1) is 6.58 Å². The third-order valence-electron chi connectivity index (χ3n) is 3.41. The van der Waals surface area contributed by atoms with Crippen molar-refractivity contribution in [2.24, 2.45) is 11.7 Å². The van der Waals surface area contributed by atoms with Gasteiger partial charge in [0.2, 0.25) is 0 Å². The van der Waals surface area contributed by atoms with Gasteiger partial charge in [-0.05, 0) is 32.1 Å². The molecule has 2 bridgehead atoms. The molecule has 2 aliphatic heterocycles. The van der Waals surface area contributed by atoms with E-state index in [-0.39, 0.29) is 0 Å². The highest BCUT2D eigenvalue weighted by molar-refractivity contribution is 4.94. The topological polar surface area (TPSA) is 35.2 Å². The van der Waals surface area contributed by atoms with E-state index >= 15 is 0 Å². The van der Waals surface area contributed by atoms with Crippen LogP contribution < -0.4 is 5.73 Å². The van der Waals surface area contributed by atoms with Crippen LogP contribution in [0.1, 0.15) is 32.1 Å². The van der Waals surface area contributed by atoms with E-state index in [1.807, 2.05) is 6.08 Å². The summed E-state index contributed by atoms with van der Waals surface area (Å²) < 4.78 is 5.78.